The summed E-state index contributed by atoms with van der Waals surface area (Å²) in [7, 11) is 3.46. The molecule has 0 radical (unpaired) electrons. The first-order valence-corrected chi connectivity index (χ1v) is 9.83. The second kappa shape index (κ2) is 10.1. The predicted octanol–water partition coefficient (Wildman–Crippen LogP) is 1.81. The molecule has 1 fully saturated rings. The molecular weight excluding hydrogens is 370 g/mol. The second-order valence-electron chi connectivity index (χ2n) is 7.43. The van der Waals surface area contributed by atoms with Gasteiger partial charge in [-0.05, 0) is 25.5 Å². The number of ether oxygens (including phenoxy) is 1. The molecule has 0 bridgehead atoms. The lowest BCUT2D eigenvalue weighted by Crippen LogP contribution is -2.44. The summed E-state index contributed by atoms with van der Waals surface area (Å²) in [6.45, 7) is 4.86. The zero-order valence-corrected chi connectivity index (χ0v) is 17.3. The Hall–Kier alpha value is -2.87. The van der Waals surface area contributed by atoms with Gasteiger partial charge in [-0.2, -0.15) is 0 Å². The minimum Gasteiger partial charge on any atom is -0.444 e. The molecule has 0 spiro atoms. The van der Waals surface area contributed by atoms with Gasteiger partial charge in [0.1, 0.15) is 12.0 Å². The number of nitrogens with one attached hydrogen (secondary N) is 2. The molecule has 1 aromatic carbocycles. The van der Waals surface area contributed by atoms with Crippen molar-refractivity contribution in [1.82, 2.24) is 20.5 Å². The zero-order chi connectivity index (χ0) is 20.6. The molecule has 1 aromatic heterocycles. The van der Waals surface area contributed by atoms with E-state index >= 15 is 0 Å². The fraction of sp³-hybridized carbons (Fsp3) is 0.476. The topological polar surface area (TPSA) is 92.0 Å². The van der Waals surface area contributed by atoms with Crippen LogP contribution in [-0.4, -0.2) is 62.1 Å². The highest BCUT2D eigenvalue weighted by atomic mass is 16.5. The third kappa shape index (κ3) is 6.32. The van der Waals surface area contributed by atoms with Gasteiger partial charge in [0, 0.05) is 38.7 Å². The Morgan fingerprint density at radius 3 is 2.76 bits per heavy atom. The molecule has 1 aliphatic rings. The molecule has 2 heterocycles. The van der Waals surface area contributed by atoms with Gasteiger partial charge < -0.3 is 24.7 Å². The first-order valence-electron chi connectivity index (χ1n) is 9.83. The van der Waals surface area contributed by atoms with Gasteiger partial charge in [0.2, 0.25) is 11.8 Å². The third-order valence-electron chi connectivity index (χ3n) is 4.74. The van der Waals surface area contributed by atoms with Gasteiger partial charge in [0.05, 0.1) is 19.7 Å². The number of aryl methyl sites for hydroxylation is 1. The van der Waals surface area contributed by atoms with E-state index in [1.165, 1.54) is 5.56 Å². The SMILES string of the molecule is Cc1ccc(-c2nc(CN=C(NCC(=O)N(C)C)NCC3CCOC3)co2)cc1. The second-order valence-corrected chi connectivity index (χ2v) is 7.43. The summed E-state index contributed by atoms with van der Waals surface area (Å²) in [6.07, 6.45) is 2.65. The van der Waals surface area contributed by atoms with E-state index in [1.807, 2.05) is 31.2 Å². The van der Waals surface area contributed by atoms with Gasteiger partial charge >= 0.3 is 0 Å². The number of hydrogen-bond donors (Lipinski definition) is 2. The van der Waals surface area contributed by atoms with Crippen molar-refractivity contribution in [2.45, 2.75) is 19.9 Å². The maximum absolute atomic E-state index is 11.9. The molecular formula is C21H29N5O3. The highest BCUT2D eigenvalue weighted by Gasteiger charge is 2.16. The maximum Gasteiger partial charge on any atom is 0.241 e. The van der Waals surface area contributed by atoms with Gasteiger partial charge in [-0.3, -0.25) is 4.79 Å². The highest BCUT2D eigenvalue weighted by molar-refractivity contribution is 5.86. The number of likely N-dealkylation sites (N-methyl/N-ethyl adjacent to an activating group) is 1. The number of hydrogen-bond acceptors (Lipinski definition) is 5. The Morgan fingerprint density at radius 2 is 2.07 bits per heavy atom. The van der Waals surface area contributed by atoms with Crippen molar-refractivity contribution in [3.05, 3.63) is 41.8 Å². The van der Waals surface area contributed by atoms with E-state index in [2.05, 4.69) is 20.6 Å². The first kappa shape index (κ1) is 20.9. The van der Waals surface area contributed by atoms with Crippen LogP contribution < -0.4 is 10.6 Å². The Morgan fingerprint density at radius 1 is 1.28 bits per heavy atom. The van der Waals surface area contributed by atoms with Crippen molar-refractivity contribution in [3.63, 3.8) is 0 Å². The van der Waals surface area contributed by atoms with E-state index in [-0.39, 0.29) is 12.5 Å². The lowest BCUT2D eigenvalue weighted by atomic mass is 10.1. The van der Waals surface area contributed by atoms with Crippen LogP contribution in [0.3, 0.4) is 0 Å². The zero-order valence-electron chi connectivity index (χ0n) is 17.3. The van der Waals surface area contributed by atoms with Crippen molar-refractivity contribution >= 4 is 11.9 Å². The molecule has 1 amide bonds. The normalized spacial score (nSPS) is 16.7. The van der Waals surface area contributed by atoms with Crippen LogP contribution in [0.4, 0.5) is 0 Å². The van der Waals surface area contributed by atoms with E-state index < -0.39 is 0 Å². The fourth-order valence-corrected chi connectivity index (χ4v) is 2.85. The smallest absolute Gasteiger partial charge is 0.241 e. The van der Waals surface area contributed by atoms with E-state index in [0.29, 0.717) is 24.3 Å². The molecule has 1 saturated heterocycles. The standard InChI is InChI=1S/C21H29N5O3/c1-15-4-6-17(7-5-15)20-25-18(14-29-20)11-23-21(24-12-19(27)26(2)3)22-10-16-8-9-28-13-16/h4-7,14,16H,8-13H2,1-3H3,(H2,22,23,24). The lowest BCUT2D eigenvalue weighted by molar-refractivity contribution is -0.127. The van der Waals surface area contributed by atoms with Crippen LogP contribution in [0.1, 0.15) is 17.7 Å². The molecule has 0 aliphatic carbocycles. The molecule has 156 valence electrons. The average Bonchev–Trinajstić information content (AvgIpc) is 3.39. The third-order valence-corrected chi connectivity index (χ3v) is 4.74. The fourth-order valence-electron chi connectivity index (χ4n) is 2.85. The van der Waals surface area contributed by atoms with Crippen LogP contribution in [0.15, 0.2) is 39.9 Å². The van der Waals surface area contributed by atoms with Gasteiger partial charge in [-0.25, -0.2) is 9.98 Å². The minimum absolute atomic E-state index is 0.0215. The molecule has 0 saturated carbocycles. The largest absolute Gasteiger partial charge is 0.444 e. The molecule has 3 rings (SSSR count). The molecule has 2 N–H and O–H groups in total. The number of oxazole rings is 1. The summed E-state index contributed by atoms with van der Waals surface area (Å²) in [5.41, 5.74) is 2.84. The predicted molar refractivity (Wildman–Crippen MR) is 111 cm³/mol. The molecule has 8 nitrogen and oxygen atoms in total. The Balaban J connectivity index is 1.62. The summed E-state index contributed by atoms with van der Waals surface area (Å²) in [4.78, 5) is 22.5. The summed E-state index contributed by atoms with van der Waals surface area (Å²) >= 11 is 0. The van der Waals surface area contributed by atoms with E-state index in [9.17, 15) is 4.79 Å². The molecule has 8 heteroatoms. The molecule has 2 aromatic rings. The maximum atomic E-state index is 11.9. The van der Waals surface area contributed by atoms with Crippen molar-refractivity contribution in [1.29, 1.82) is 0 Å². The first-order chi connectivity index (χ1) is 14.0. The van der Waals surface area contributed by atoms with Crippen LogP contribution in [0.2, 0.25) is 0 Å². The number of nitrogens with zero attached hydrogens (tertiary/aromatic N) is 3. The average molecular weight is 399 g/mol. The number of guanidine groups is 1. The highest BCUT2D eigenvalue weighted by Crippen LogP contribution is 2.19. The quantitative estimate of drug-likeness (QED) is 0.545. The van der Waals surface area contributed by atoms with Gasteiger partial charge in [-0.15, -0.1) is 0 Å². The van der Waals surface area contributed by atoms with Crippen LogP contribution in [-0.2, 0) is 16.1 Å². The van der Waals surface area contributed by atoms with Crippen molar-refractivity contribution < 1.29 is 13.9 Å². The van der Waals surface area contributed by atoms with Crippen molar-refractivity contribution in [2.24, 2.45) is 10.9 Å². The lowest BCUT2D eigenvalue weighted by Gasteiger charge is -2.16. The number of rotatable bonds is 7. The Kier molecular flexibility index (Phi) is 7.24. The number of amides is 1. The monoisotopic (exact) mass is 399 g/mol. The Labute approximate surface area is 171 Å². The summed E-state index contributed by atoms with van der Waals surface area (Å²) in [6, 6.07) is 8.02. The number of carbonyl (C=O) groups is 1. The number of aliphatic imine (C=N–C) groups is 1. The summed E-state index contributed by atoms with van der Waals surface area (Å²) < 4.78 is 11.0. The molecule has 29 heavy (non-hydrogen) atoms. The van der Waals surface area contributed by atoms with Crippen LogP contribution >= 0.6 is 0 Å². The number of aromatic nitrogens is 1. The van der Waals surface area contributed by atoms with Crippen molar-refractivity contribution in [2.75, 3.05) is 40.4 Å². The minimum atomic E-state index is -0.0215. The van der Waals surface area contributed by atoms with Crippen LogP contribution in [0.25, 0.3) is 11.5 Å². The summed E-state index contributed by atoms with van der Waals surface area (Å²) in [5, 5.41) is 6.39. The Bertz CT molecular complexity index is 823. The van der Waals surface area contributed by atoms with Crippen LogP contribution in [0, 0.1) is 12.8 Å². The van der Waals surface area contributed by atoms with E-state index in [4.69, 9.17) is 9.15 Å². The van der Waals surface area contributed by atoms with Gasteiger partial charge in [-0.1, -0.05) is 17.7 Å². The molecule has 1 aliphatic heterocycles. The van der Waals surface area contributed by atoms with Crippen molar-refractivity contribution in [3.8, 4) is 11.5 Å². The van der Waals surface area contributed by atoms with Gasteiger partial charge in [0.25, 0.3) is 0 Å². The van der Waals surface area contributed by atoms with Crippen LogP contribution in [0.5, 0.6) is 0 Å². The van der Waals surface area contributed by atoms with E-state index in [1.54, 1.807) is 25.3 Å². The number of carbonyl (C=O) groups excluding carboxylic acids is 1. The summed E-state index contributed by atoms with van der Waals surface area (Å²) in [5.74, 6) is 1.58. The van der Waals surface area contributed by atoms with E-state index in [0.717, 1.165) is 37.4 Å². The number of benzene rings is 1. The molecule has 1 unspecified atom stereocenters. The van der Waals surface area contributed by atoms with Gasteiger partial charge in [0.15, 0.2) is 5.96 Å². The molecule has 1 atom stereocenters.